The van der Waals surface area contributed by atoms with Crippen molar-refractivity contribution >= 4 is 27.8 Å². The molecule has 0 atom stereocenters. The van der Waals surface area contributed by atoms with E-state index in [0.29, 0.717) is 0 Å². The number of carbonyl (C=O) groups excluding carboxylic acids is 2. The van der Waals surface area contributed by atoms with Gasteiger partial charge in [0.05, 0.1) is 31.1 Å². The predicted molar refractivity (Wildman–Crippen MR) is 88.0 cm³/mol. The third-order valence-electron chi connectivity index (χ3n) is 3.06. The molecule has 144 valence electrons. The number of aryl methyl sites for hydroxylation is 1. The quantitative estimate of drug-likeness (QED) is 0.238. The standard InChI is InChI=1S/C16H20O9S/c1-12-2-4-13(5-3-12)26(21,22)25-11-9-23-8-10-24-15(18)7-6-14(17)16(19)20/h2-5H,6-11H2,1H3,(H,19,20). The molecule has 0 unspecified atom stereocenters. The monoisotopic (exact) mass is 388 g/mol. The van der Waals surface area contributed by atoms with E-state index in [1.54, 1.807) is 12.1 Å². The van der Waals surface area contributed by atoms with Crippen molar-refractivity contribution in [3.63, 3.8) is 0 Å². The van der Waals surface area contributed by atoms with Gasteiger partial charge < -0.3 is 14.6 Å². The van der Waals surface area contributed by atoms with Crippen LogP contribution in [0, 0.1) is 6.92 Å². The lowest BCUT2D eigenvalue weighted by Gasteiger charge is -2.07. The van der Waals surface area contributed by atoms with E-state index in [0.717, 1.165) is 5.56 Å². The van der Waals surface area contributed by atoms with Gasteiger partial charge in [-0.25, -0.2) is 4.79 Å². The van der Waals surface area contributed by atoms with E-state index in [1.165, 1.54) is 12.1 Å². The van der Waals surface area contributed by atoms with E-state index >= 15 is 0 Å². The topological polar surface area (TPSA) is 133 Å². The summed E-state index contributed by atoms with van der Waals surface area (Å²) in [6.07, 6.45) is -0.761. The Balaban J connectivity index is 2.14. The van der Waals surface area contributed by atoms with Crippen LogP contribution in [0.3, 0.4) is 0 Å². The molecule has 0 aliphatic rings. The Kier molecular flexibility index (Phi) is 8.90. The fraction of sp³-hybridized carbons (Fsp3) is 0.438. The molecule has 0 spiro atoms. The first-order valence-electron chi connectivity index (χ1n) is 7.68. The average Bonchev–Trinajstić information content (AvgIpc) is 2.59. The molecule has 0 aliphatic carbocycles. The van der Waals surface area contributed by atoms with Gasteiger partial charge in [0, 0.05) is 6.42 Å². The van der Waals surface area contributed by atoms with E-state index in [4.69, 9.17) is 18.8 Å². The van der Waals surface area contributed by atoms with Crippen molar-refractivity contribution in [2.24, 2.45) is 0 Å². The lowest BCUT2D eigenvalue weighted by Crippen LogP contribution is -2.17. The number of carboxylic acids is 1. The Morgan fingerprint density at radius 2 is 1.58 bits per heavy atom. The molecule has 0 heterocycles. The Morgan fingerprint density at radius 1 is 0.962 bits per heavy atom. The highest BCUT2D eigenvalue weighted by atomic mass is 32.2. The van der Waals surface area contributed by atoms with Crippen LogP contribution in [0.15, 0.2) is 29.2 Å². The van der Waals surface area contributed by atoms with Gasteiger partial charge in [-0.3, -0.25) is 13.8 Å². The Bertz CT molecular complexity index is 723. The molecule has 0 aliphatic heterocycles. The van der Waals surface area contributed by atoms with E-state index in [9.17, 15) is 22.8 Å². The van der Waals surface area contributed by atoms with Gasteiger partial charge in [0.25, 0.3) is 10.1 Å². The summed E-state index contributed by atoms with van der Waals surface area (Å²) in [6, 6.07) is 6.20. The van der Waals surface area contributed by atoms with E-state index in [1.807, 2.05) is 6.92 Å². The first-order valence-corrected chi connectivity index (χ1v) is 9.09. The van der Waals surface area contributed by atoms with Crippen LogP contribution in [0.4, 0.5) is 0 Å². The molecule has 0 bridgehead atoms. The molecule has 0 saturated heterocycles. The minimum atomic E-state index is -3.85. The van der Waals surface area contributed by atoms with E-state index in [-0.39, 0.29) is 37.7 Å². The van der Waals surface area contributed by atoms with Gasteiger partial charge in [-0.1, -0.05) is 17.7 Å². The van der Waals surface area contributed by atoms with Gasteiger partial charge in [0.15, 0.2) is 0 Å². The van der Waals surface area contributed by atoms with E-state index < -0.39 is 34.3 Å². The third kappa shape index (κ3) is 8.19. The second-order valence-electron chi connectivity index (χ2n) is 5.15. The Labute approximate surface area is 151 Å². The number of rotatable bonds is 12. The van der Waals surface area contributed by atoms with Gasteiger partial charge in [-0.15, -0.1) is 0 Å². The van der Waals surface area contributed by atoms with Crippen molar-refractivity contribution < 1.29 is 41.6 Å². The Morgan fingerprint density at radius 3 is 2.19 bits per heavy atom. The van der Waals surface area contributed by atoms with Crippen molar-refractivity contribution in [2.45, 2.75) is 24.7 Å². The van der Waals surface area contributed by atoms with Crippen molar-refractivity contribution in [3.05, 3.63) is 29.8 Å². The fourth-order valence-corrected chi connectivity index (χ4v) is 2.58. The largest absolute Gasteiger partial charge is 0.476 e. The molecule has 1 rings (SSSR count). The molecule has 0 fully saturated rings. The fourth-order valence-electron chi connectivity index (χ4n) is 1.69. The maximum atomic E-state index is 11.9. The molecule has 26 heavy (non-hydrogen) atoms. The van der Waals surface area contributed by atoms with Crippen LogP contribution >= 0.6 is 0 Å². The van der Waals surface area contributed by atoms with Crippen molar-refractivity contribution in [1.29, 1.82) is 0 Å². The van der Waals surface area contributed by atoms with Crippen molar-refractivity contribution in [3.8, 4) is 0 Å². The summed E-state index contributed by atoms with van der Waals surface area (Å²) in [5.41, 5.74) is 0.925. The maximum absolute atomic E-state index is 11.9. The number of ether oxygens (including phenoxy) is 2. The summed E-state index contributed by atoms with van der Waals surface area (Å²) in [6.45, 7) is 1.51. The summed E-state index contributed by atoms with van der Waals surface area (Å²) in [5.74, 6) is -3.38. The second-order valence-corrected chi connectivity index (χ2v) is 6.77. The van der Waals surface area contributed by atoms with Crippen LogP contribution in [0.5, 0.6) is 0 Å². The average molecular weight is 388 g/mol. The van der Waals surface area contributed by atoms with Crippen LogP contribution in [0.25, 0.3) is 0 Å². The summed E-state index contributed by atoms with van der Waals surface area (Å²) < 4.78 is 38.4. The van der Waals surface area contributed by atoms with Gasteiger partial charge in [-0.05, 0) is 19.1 Å². The summed E-state index contributed by atoms with van der Waals surface area (Å²) in [7, 11) is -3.85. The number of carboxylic acid groups (broad SMARTS) is 1. The van der Waals surface area contributed by atoms with Crippen LogP contribution < -0.4 is 0 Å². The molecule has 0 saturated carbocycles. The highest BCUT2D eigenvalue weighted by molar-refractivity contribution is 7.86. The molecular weight excluding hydrogens is 368 g/mol. The number of carbonyl (C=O) groups is 3. The third-order valence-corrected chi connectivity index (χ3v) is 4.39. The smallest absolute Gasteiger partial charge is 0.372 e. The molecule has 0 amide bonds. The van der Waals surface area contributed by atoms with Crippen LogP contribution in [0.1, 0.15) is 18.4 Å². The summed E-state index contributed by atoms with van der Waals surface area (Å²) >= 11 is 0. The van der Waals surface area contributed by atoms with Gasteiger partial charge in [0.1, 0.15) is 6.61 Å². The molecule has 1 N–H and O–H groups in total. The molecular formula is C16H20O9S. The number of hydrogen-bond donors (Lipinski definition) is 1. The number of Topliss-reactive ketones (excluding diaryl/α,β-unsaturated/α-hetero) is 1. The predicted octanol–water partition coefficient (Wildman–Crippen LogP) is 0.694. The van der Waals surface area contributed by atoms with Crippen LogP contribution in [-0.2, 0) is 38.2 Å². The maximum Gasteiger partial charge on any atom is 0.372 e. The molecule has 0 radical (unpaired) electrons. The number of esters is 1. The molecule has 1 aromatic rings. The number of ketones is 1. The van der Waals surface area contributed by atoms with Crippen molar-refractivity contribution in [2.75, 3.05) is 26.4 Å². The second kappa shape index (κ2) is 10.6. The highest BCUT2D eigenvalue weighted by Gasteiger charge is 2.15. The minimum absolute atomic E-state index is 0.00650. The Hall–Kier alpha value is -2.30. The number of hydrogen-bond acceptors (Lipinski definition) is 8. The first kappa shape index (κ1) is 21.7. The molecule has 0 aromatic heterocycles. The van der Waals surface area contributed by atoms with E-state index in [2.05, 4.69) is 0 Å². The molecule has 10 heteroatoms. The van der Waals surface area contributed by atoms with Crippen LogP contribution in [-0.4, -0.2) is 57.7 Å². The zero-order valence-electron chi connectivity index (χ0n) is 14.2. The zero-order valence-corrected chi connectivity index (χ0v) is 15.0. The lowest BCUT2D eigenvalue weighted by molar-refractivity contribution is -0.151. The molecule has 9 nitrogen and oxygen atoms in total. The van der Waals surface area contributed by atoms with Crippen LogP contribution in [0.2, 0.25) is 0 Å². The highest BCUT2D eigenvalue weighted by Crippen LogP contribution is 2.12. The number of aliphatic carboxylic acids is 1. The number of benzene rings is 1. The molecule has 1 aromatic carbocycles. The van der Waals surface area contributed by atoms with Gasteiger partial charge in [-0.2, -0.15) is 8.42 Å². The normalized spacial score (nSPS) is 11.1. The van der Waals surface area contributed by atoms with Crippen molar-refractivity contribution in [1.82, 2.24) is 0 Å². The summed E-state index contributed by atoms with van der Waals surface area (Å²) in [5, 5.41) is 8.36. The zero-order chi connectivity index (χ0) is 19.6. The SMILES string of the molecule is Cc1ccc(S(=O)(=O)OCCOCCOC(=O)CCC(=O)C(=O)O)cc1. The lowest BCUT2D eigenvalue weighted by atomic mass is 10.2. The summed E-state index contributed by atoms with van der Waals surface area (Å²) in [4.78, 5) is 32.4. The first-order chi connectivity index (χ1) is 12.2. The van der Waals surface area contributed by atoms with Gasteiger partial charge >= 0.3 is 11.9 Å². The van der Waals surface area contributed by atoms with Gasteiger partial charge in [0.2, 0.25) is 5.78 Å². The minimum Gasteiger partial charge on any atom is -0.476 e.